The second kappa shape index (κ2) is 6.22. The molecule has 1 saturated heterocycles. The number of hydrogen-bond donors (Lipinski definition) is 1. The normalized spacial score (nSPS) is 21.6. The van der Waals surface area contributed by atoms with Gasteiger partial charge in [-0.25, -0.2) is 8.42 Å². The van der Waals surface area contributed by atoms with Gasteiger partial charge in [-0.1, -0.05) is 30.3 Å². The number of nitrogens with two attached hydrogens (primary N) is 1. The molecule has 112 valence electrons. The van der Waals surface area contributed by atoms with Crippen LogP contribution in [0.4, 0.5) is 0 Å². The average molecular weight is 297 g/mol. The van der Waals surface area contributed by atoms with Crippen molar-refractivity contribution < 1.29 is 8.42 Å². The molecule has 1 aromatic rings. The lowest BCUT2D eigenvalue weighted by atomic mass is 9.98. The maximum atomic E-state index is 11.5. The van der Waals surface area contributed by atoms with Crippen molar-refractivity contribution in [3.8, 4) is 0 Å². The van der Waals surface area contributed by atoms with Crippen molar-refractivity contribution in [3.05, 3.63) is 35.9 Å². The van der Waals surface area contributed by atoms with Crippen LogP contribution in [0.25, 0.3) is 0 Å². The first kappa shape index (κ1) is 15.4. The first-order valence-electron chi connectivity index (χ1n) is 6.89. The van der Waals surface area contributed by atoms with E-state index in [1.54, 1.807) is 0 Å². The predicted molar refractivity (Wildman–Crippen MR) is 80.8 cm³/mol. The summed E-state index contributed by atoms with van der Waals surface area (Å²) in [5.74, 6) is 0. The van der Waals surface area contributed by atoms with Crippen molar-refractivity contribution in [2.45, 2.75) is 19.0 Å². The number of sulfonamides is 1. The van der Waals surface area contributed by atoms with Gasteiger partial charge in [-0.15, -0.1) is 0 Å². The second-order valence-corrected chi connectivity index (χ2v) is 7.40. The fraction of sp³-hybridized carbons (Fsp3) is 0.571. The van der Waals surface area contributed by atoms with Gasteiger partial charge in [0, 0.05) is 38.3 Å². The molecule has 0 spiro atoms. The Kier molecular flexibility index (Phi) is 4.80. The fourth-order valence-corrected chi connectivity index (χ4v) is 3.64. The van der Waals surface area contributed by atoms with Gasteiger partial charge in [0.1, 0.15) is 0 Å². The Morgan fingerprint density at radius 3 is 2.10 bits per heavy atom. The Morgan fingerprint density at radius 1 is 1.10 bits per heavy atom. The molecule has 20 heavy (non-hydrogen) atoms. The maximum absolute atomic E-state index is 11.5. The summed E-state index contributed by atoms with van der Waals surface area (Å²) in [6.45, 7) is 4.51. The van der Waals surface area contributed by atoms with Gasteiger partial charge in [0.25, 0.3) is 0 Å². The van der Waals surface area contributed by atoms with Crippen molar-refractivity contribution in [3.63, 3.8) is 0 Å². The lowest BCUT2D eigenvalue weighted by molar-refractivity contribution is 0.124. The van der Waals surface area contributed by atoms with Gasteiger partial charge >= 0.3 is 0 Å². The fourth-order valence-electron chi connectivity index (χ4n) is 2.81. The van der Waals surface area contributed by atoms with E-state index in [0.29, 0.717) is 26.2 Å². The van der Waals surface area contributed by atoms with E-state index in [2.05, 4.69) is 17.0 Å². The van der Waals surface area contributed by atoms with Gasteiger partial charge in [-0.3, -0.25) is 4.90 Å². The van der Waals surface area contributed by atoms with Crippen molar-refractivity contribution >= 4 is 10.0 Å². The molecule has 6 heteroatoms. The SMILES string of the molecule is CC(N)C(c1ccccc1)N1CCN(S(C)(=O)=O)CC1. The van der Waals surface area contributed by atoms with Gasteiger partial charge in [0.2, 0.25) is 10.0 Å². The van der Waals surface area contributed by atoms with Crippen LogP contribution in [-0.2, 0) is 10.0 Å². The highest BCUT2D eigenvalue weighted by molar-refractivity contribution is 7.88. The van der Waals surface area contributed by atoms with Crippen molar-refractivity contribution in [2.24, 2.45) is 5.73 Å². The molecule has 0 amide bonds. The van der Waals surface area contributed by atoms with Crippen molar-refractivity contribution in [2.75, 3.05) is 32.4 Å². The van der Waals surface area contributed by atoms with Gasteiger partial charge in [-0.2, -0.15) is 4.31 Å². The quantitative estimate of drug-likeness (QED) is 0.886. The third kappa shape index (κ3) is 3.58. The highest BCUT2D eigenvalue weighted by atomic mass is 32.2. The van der Waals surface area contributed by atoms with Crippen LogP contribution in [0.15, 0.2) is 30.3 Å². The molecule has 2 N–H and O–H groups in total. The highest BCUT2D eigenvalue weighted by Crippen LogP contribution is 2.25. The number of benzene rings is 1. The maximum Gasteiger partial charge on any atom is 0.211 e. The summed E-state index contributed by atoms with van der Waals surface area (Å²) in [6.07, 6.45) is 1.27. The largest absolute Gasteiger partial charge is 0.326 e. The molecule has 1 fully saturated rings. The Labute approximate surface area is 121 Å². The molecule has 2 atom stereocenters. The minimum atomic E-state index is -3.08. The van der Waals surface area contributed by atoms with Crippen LogP contribution in [0, 0.1) is 0 Å². The average Bonchev–Trinajstić information content (AvgIpc) is 2.39. The van der Waals surface area contributed by atoms with Gasteiger partial charge in [0.15, 0.2) is 0 Å². The van der Waals surface area contributed by atoms with Crippen LogP contribution >= 0.6 is 0 Å². The van der Waals surface area contributed by atoms with E-state index in [1.165, 1.54) is 16.1 Å². The molecule has 0 saturated carbocycles. The Hall–Kier alpha value is -0.950. The van der Waals surface area contributed by atoms with Crippen LogP contribution in [0.5, 0.6) is 0 Å². The molecule has 2 unspecified atom stereocenters. The molecular weight excluding hydrogens is 274 g/mol. The first-order valence-corrected chi connectivity index (χ1v) is 8.74. The molecule has 1 aliphatic rings. The van der Waals surface area contributed by atoms with Gasteiger partial charge in [-0.05, 0) is 12.5 Å². The van der Waals surface area contributed by atoms with E-state index in [9.17, 15) is 8.42 Å². The first-order chi connectivity index (χ1) is 9.39. The molecule has 0 aromatic heterocycles. The Balaban J connectivity index is 2.10. The third-order valence-electron chi connectivity index (χ3n) is 3.77. The zero-order valence-electron chi connectivity index (χ0n) is 12.1. The van der Waals surface area contributed by atoms with Crippen molar-refractivity contribution in [1.82, 2.24) is 9.21 Å². The minimum Gasteiger partial charge on any atom is -0.326 e. The summed E-state index contributed by atoms with van der Waals surface area (Å²) in [4.78, 5) is 2.28. The molecule has 0 radical (unpaired) electrons. The van der Waals surface area contributed by atoms with E-state index in [0.717, 1.165) is 0 Å². The molecule has 1 heterocycles. The Bertz CT molecular complexity index is 523. The number of nitrogens with zero attached hydrogens (tertiary/aromatic N) is 2. The molecule has 1 aromatic carbocycles. The van der Waals surface area contributed by atoms with Crippen LogP contribution in [0.2, 0.25) is 0 Å². The molecule has 5 nitrogen and oxygen atoms in total. The molecule has 0 aliphatic carbocycles. The highest BCUT2D eigenvalue weighted by Gasteiger charge is 2.30. The molecule has 2 rings (SSSR count). The van der Waals surface area contributed by atoms with Gasteiger partial charge in [0.05, 0.1) is 6.26 Å². The summed E-state index contributed by atoms with van der Waals surface area (Å²) >= 11 is 0. The van der Waals surface area contributed by atoms with Crippen LogP contribution in [-0.4, -0.2) is 56.1 Å². The summed E-state index contributed by atoms with van der Waals surface area (Å²) < 4.78 is 24.6. The molecular formula is C14H23N3O2S. The summed E-state index contributed by atoms with van der Waals surface area (Å²) in [5, 5.41) is 0. The predicted octanol–water partition coefficient (Wildman–Crippen LogP) is 0.652. The summed E-state index contributed by atoms with van der Waals surface area (Å²) in [7, 11) is -3.08. The number of rotatable bonds is 4. The van der Waals surface area contributed by atoms with E-state index >= 15 is 0 Å². The van der Waals surface area contributed by atoms with Crippen molar-refractivity contribution in [1.29, 1.82) is 0 Å². The van der Waals surface area contributed by atoms with E-state index in [1.807, 2.05) is 25.1 Å². The van der Waals surface area contributed by atoms with E-state index in [-0.39, 0.29) is 12.1 Å². The Morgan fingerprint density at radius 2 is 1.65 bits per heavy atom. The lowest BCUT2D eigenvalue weighted by Crippen LogP contribution is -2.52. The second-order valence-electron chi connectivity index (χ2n) is 5.41. The molecule has 0 bridgehead atoms. The van der Waals surface area contributed by atoms with Crippen LogP contribution in [0.3, 0.4) is 0 Å². The van der Waals surface area contributed by atoms with Crippen LogP contribution in [0.1, 0.15) is 18.5 Å². The van der Waals surface area contributed by atoms with Crippen LogP contribution < -0.4 is 5.73 Å². The third-order valence-corrected chi connectivity index (χ3v) is 5.08. The number of piperazine rings is 1. The lowest BCUT2D eigenvalue weighted by Gasteiger charge is -2.40. The zero-order valence-corrected chi connectivity index (χ0v) is 12.9. The monoisotopic (exact) mass is 297 g/mol. The smallest absolute Gasteiger partial charge is 0.211 e. The molecule has 1 aliphatic heterocycles. The van der Waals surface area contributed by atoms with E-state index < -0.39 is 10.0 Å². The minimum absolute atomic E-state index is 0.00202. The topological polar surface area (TPSA) is 66.6 Å². The van der Waals surface area contributed by atoms with Gasteiger partial charge < -0.3 is 5.73 Å². The standard InChI is InChI=1S/C14H23N3O2S/c1-12(15)14(13-6-4-3-5-7-13)16-8-10-17(11-9-16)20(2,18)19/h3-7,12,14H,8-11,15H2,1-2H3. The number of hydrogen-bond acceptors (Lipinski definition) is 4. The summed E-state index contributed by atoms with van der Waals surface area (Å²) in [6, 6.07) is 10.3. The van der Waals surface area contributed by atoms with E-state index in [4.69, 9.17) is 5.73 Å². The zero-order chi connectivity index (χ0) is 14.8. The summed E-state index contributed by atoms with van der Waals surface area (Å²) in [5.41, 5.74) is 7.34.